The molecule has 2 fully saturated rings. The summed E-state index contributed by atoms with van der Waals surface area (Å²) in [7, 11) is 0. The molecule has 0 bridgehead atoms. The van der Waals surface area contributed by atoms with Gasteiger partial charge in [0.1, 0.15) is 0 Å². The molecule has 1 amide bonds. The number of imidazole rings is 1. The van der Waals surface area contributed by atoms with Crippen LogP contribution >= 0.6 is 0 Å². The van der Waals surface area contributed by atoms with E-state index in [1.165, 1.54) is 11.3 Å². The molecule has 4 aliphatic rings. The van der Waals surface area contributed by atoms with Crippen LogP contribution < -0.4 is 5.32 Å². The van der Waals surface area contributed by atoms with Gasteiger partial charge in [0.2, 0.25) is 5.91 Å². The van der Waals surface area contributed by atoms with Crippen LogP contribution in [0.2, 0.25) is 0 Å². The first kappa shape index (κ1) is 18.6. The first-order valence-electron chi connectivity index (χ1n) is 10.6. The largest absolute Gasteiger partial charge is 0.378 e. The molecule has 29 heavy (non-hydrogen) atoms. The highest BCUT2D eigenvalue weighted by Gasteiger charge is 2.36. The fraction of sp³-hybridized carbons (Fsp3) is 0.591. The SMILES string of the molecule is CC(C)(C)c1nc2n(c1C1=CC=C3NC(=O)CC3C1)CCN=C2N1CCOCC1. The van der Waals surface area contributed by atoms with Gasteiger partial charge in [0, 0.05) is 43.1 Å². The van der Waals surface area contributed by atoms with Gasteiger partial charge in [-0.2, -0.15) is 0 Å². The van der Waals surface area contributed by atoms with E-state index in [1.807, 2.05) is 0 Å². The van der Waals surface area contributed by atoms with E-state index < -0.39 is 0 Å². The second kappa shape index (κ2) is 6.83. The Balaban J connectivity index is 1.58. The van der Waals surface area contributed by atoms with Crippen LogP contribution in [-0.4, -0.2) is 59.0 Å². The molecular formula is C22H29N5O2. The molecule has 7 heteroatoms. The van der Waals surface area contributed by atoms with Crippen LogP contribution in [0.3, 0.4) is 0 Å². The summed E-state index contributed by atoms with van der Waals surface area (Å²) < 4.78 is 7.90. The average molecular weight is 396 g/mol. The first-order valence-corrected chi connectivity index (χ1v) is 10.6. The summed E-state index contributed by atoms with van der Waals surface area (Å²) >= 11 is 0. The molecule has 154 valence electrons. The number of hydrogen-bond acceptors (Lipinski definition) is 5. The van der Waals surface area contributed by atoms with Gasteiger partial charge in [0.15, 0.2) is 11.7 Å². The first-order chi connectivity index (χ1) is 13.9. The van der Waals surface area contributed by atoms with Crippen LogP contribution in [0.1, 0.15) is 50.8 Å². The summed E-state index contributed by atoms with van der Waals surface area (Å²) in [5.74, 6) is 2.37. The molecule has 0 saturated carbocycles. The van der Waals surface area contributed by atoms with Crippen LogP contribution in [0.25, 0.3) is 5.57 Å². The number of aliphatic imine (C=N–C) groups is 1. The number of aromatic nitrogens is 2. The Morgan fingerprint density at radius 1 is 1.14 bits per heavy atom. The molecule has 4 heterocycles. The van der Waals surface area contributed by atoms with Crippen molar-refractivity contribution in [3.63, 3.8) is 0 Å². The minimum absolute atomic E-state index is 0.0790. The van der Waals surface area contributed by atoms with Crippen molar-refractivity contribution in [3.05, 3.63) is 35.1 Å². The monoisotopic (exact) mass is 395 g/mol. The third-order valence-electron chi connectivity index (χ3n) is 6.16. The molecule has 0 spiro atoms. The minimum atomic E-state index is -0.0790. The number of amides is 1. The number of amidine groups is 1. The third-order valence-corrected chi connectivity index (χ3v) is 6.16. The van der Waals surface area contributed by atoms with Crippen molar-refractivity contribution in [2.75, 3.05) is 32.8 Å². The molecule has 5 rings (SSSR count). The van der Waals surface area contributed by atoms with Crippen LogP contribution in [0.15, 0.2) is 22.8 Å². The van der Waals surface area contributed by atoms with Crippen LogP contribution in [0.5, 0.6) is 0 Å². The number of nitrogens with zero attached hydrogens (tertiary/aromatic N) is 4. The molecule has 2 saturated heterocycles. The Morgan fingerprint density at radius 3 is 2.69 bits per heavy atom. The van der Waals surface area contributed by atoms with Crippen molar-refractivity contribution >= 4 is 17.3 Å². The number of carbonyl (C=O) groups is 1. The Morgan fingerprint density at radius 2 is 1.93 bits per heavy atom. The van der Waals surface area contributed by atoms with E-state index in [0.717, 1.165) is 68.9 Å². The quantitative estimate of drug-likeness (QED) is 0.790. The van der Waals surface area contributed by atoms with Crippen LogP contribution in [-0.2, 0) is 21.5 Å². The molecule has 0 aromatic carbocycles. The van der Waals surface area contributed by atoms with E-state index in [-0.39, 0.29) is 17.2 Å². The average Bonchev–Trinajstić information content (AvgIpc) is 3.27. The number of allylic oxidation sites excluding steroid dienone is 4. The molecular weight excluding hydrogens is 366 g/mol. The number of rotatable bonds is 1. The molecule has 7 nitrogen and oxygen atoms in total. The standard InChI is InChI=1S/C22H29N5O2/c1-22(2,3)19-18(14-4-5-16-15(12-14)13-17(28)24-16)27-7-6-23-20(21(27)25-19)26-8-10-29-11-9-26/h4-5,15H,6-13H2,1-3H3,(H,24,28). The molecule has 0 radical (unpaired) electrons. The maximum atomic E-state index is 11.9. The van der Waals surface area contributed by atoms with Gasteiger partial charge in [0.25, 0.3) is 0 Å². The van der Waals surface area contributed by atoms with Gasteiger partial charge in [-0.3, -0.25) is 9.79 Å². The normalized spacial score (nSPS) is 24.4. The van der Waals surface area contributed by atoms with Crippen molar-refractivity contribution in [1.29, 1.82) is 0 Å². The lowest BCUT2D eigenvalue weighted by Crippen LogP contribution is -2.43. The fourth-order valence-corrected chi connectivity index (χ4v) is 4.74. The highest BCUT2D eigenvalue weighted by atomic mass is 16.5. The van der Waals surface area contributed by atoms with E-state index in [2.05, 4.69) is 47.7 Å². The van der Waals surface area contributed by atoms with Gasteiger partial charge >= 0.3 is 0 Å². The summed E-state index contributed by atoms with van der Waals surface area (Å²) in [6, 6.07) is 0. The molecule has 3 aliphatic heterocycles. The lowest BCUT2D eigenvalue weighted by molar-refractivity contribution is -0.119. The Kier molecular flexibility index (Phi) is 4.38. The van der Waals surface area contributed by atoms with E-state index >= 15 is 0 Å². The molecule has 1 aliphatic carbocycles. The van der Waals surface area contributed by atoms with Crippen molar-refractivity contribution < 1.29 is 9.53 Å². The van der Waals surface area contributed by atoms with Gasteiger partial charge < -0.3 is 19.5 Å². The van der Waals surface area contributed by atoms with Crippen molar-refractivity contribution in [1.82, 2.24) is 19.8 Å². The highest BCUT2D eigenvalue weighted by Crippen LogP contribution is 2.40. The van der Waals surface area contributed by atoms with E-state index in [1.54, 1.807) is 0 Å². The summed E-state index contributed by atoms with van der Waals surface area (Å²) in [5, 5.41) is 3.00. The van der Waals surface area contributed by atoms with Gasteiger partial charge in [-0.05, 0) is 18.1 Å². The number of hydrogen-bond donors (Lipinski definition) is 1. The second-order valence-corrected chi connectivity index (χ2v) is 9.31. The van der Waals surface area contributed by atoms with E-state index in [9.17, 15) is 4.79 Å². The Hall–Kier alpha value is -2.41. The predicted octanol–water partition coefficient (Wildman–Crippen LogP) is 2.08. The number of nitrogens with one attached hydrogen (secondary N) is 1. The third kappa shape index (κ3) is 3.21. The van der Waals surface area contributed by atoms with E-state index in [4.69, 9.17) is 14.7 Å². The number of fused-ring (bicyclic) bond motifs is 2. The number of morpholine rings is 1. The molecule has 1 aromatic heterocycles. The maximum Gasteiger partial charge on any atom is 0.224 e. The zero-order valence-corrected chi connectivity index (χ0v) is 17.5. The minimum Gasteiger partial charge on any atom is -0.378 e. The summed E-state index contributed by atoms with van der Waals surface area (Å²) in [4.78, 5) is 24.2. The molecule has 1 unspecified atom stereocenters. The fourth-order valence-electron chi connectivity index (χ4n) is 4.74. The summed E-state index contributed by atoms with van der Waals surface area (Å²) in [6.45, 7) is 11.5. The maximum absolute atomic E-state index is 11.9. The summed E-state index contributed by atoms with van der Waals surface area (Å²) in [6.07, 6.45) is 5.72. The highest BCUT2D eigenvalue weighted by molar-refractivity contribution is 5.97. The van der Waals surface area contributed by atoms with Crippen molar-refractivity contribution in [3.8, 4) is 0 Å². The smallest absolute Gasteiger partial charge is 0.224 e. The molecule has 1 N–H and O–H groups in total. The van der Waals surface area contributed by atoms with E-state index in [0.29, 0.717) is 6.42 Å². The van der Waals surface area contributed by atoms with Crippen molar-refractivity contribution in [2.24, 2.45) is 10.9 Å². The molecule has 1 aromatic rings. The second-order valence-electron chi connectivity index (χ2n) is 9.31. The topological polar surface area (TPSA) is 71.8 Å². The number of carbonyl (C=O) groups excluding carboxylic acids is 1. The zero-order valence-electron chi connectivity index (χ0n) is 17.5. The lowest BCUT2D eigenvalue weighted by atomic mass is 9.84. The van der Waals surface area contributed by atoms with Gasteiger partial charge in [-0.1, -0.05) is 26.8 Å². The number of ether oxygens (including phenoxy) is 1. The summed E-state index contributed by atoms with van der Waals surface area (Å²) in [5.41, 5.74) is 4.61. The van der Waals surface area contributed by atoms with Crippen LogP contribution in [0, 0.1) is 5.92 Å². The lowest BCUT2D eigenvalue weighted by Gasteiger charge is -2.31. The Labute approximate surface area is 171 Å². The Bertz CT molecular complexity index is 941. The van der Waals surface area contributed by atoms with Gasteiger partial charge in [-0.25, -0.2) is 4.98 Å². The van der Waals surface area contributed by atoms with Gasteiger partial charge in [-0.15, -0.1) is 0 Å². The van der Waals surface area contributed by atoms with Crippen molar-refractivity contribution in [2.45, 2.75) is 45.6 Å². The van der Waals surface area contributed by atoms with Crippen LogP contribution in [0.4, 0.5) is 0 Å². The predicted molar refractivity (Wildman–Crippen MR) is 112 cm³/mol. The zero-order chi connectivity index (χ0) is 20.2. The van der Waals surface area contributed by atoms with Gasteiger partial charge in [0.05, 0.1) is 31.1 Å². The molecule has 1 atom stereocenters.